The van der Waals surface area contributed by atoms with Gasteiger partial charge in [0.05, 0.1) is 20.8 Å². The van der Waals surface area contributed by atoms with Crippen LogP contribution in [0.3, 0.4) is 0 Å². The lowest BCUT2D eigenvalue weighted by molar-refractivity contribution is 0.0991. The number of carbonyl (C=O) groups excluding carboxylic acids is 1. The van der Waals surface area contributed by atoms with Crippen LogP contribution >= 0.6 is 11.3 Å². The first-order chi connectivity index (χ1) is 13.0. The molecule has 0 fully saturated rings. The normalized spacial score (nSPS) is 12.0. The molecule has 0 N–H and O–H groups in total. The summed E-state index contributed by atoms with van der Waals surface area (Å²) in [4.78, 5) is 17.6. The molecule has 0 radical (unpaired) electrons. The van der Waals surface area contributed by atoms with Crippen molar-refractivity contribution in [2.45, 2.75) is 13.5 Å². The molecular formula is C18H22N4O4S. The van der Waals surface area contributed by atoms with Crippen LogP contribution in [0.25, 0.3) is 10.2 Å². The summed E-state index contributed by atoms with van der Waals surface area (Å²) in [5.41, 5.74) is 1.95. The molecule has 0 unspecified atom stereocenters. The van der Waals surface area contributed by atoms with E-state index >= 15 is 0 Å². The fraction of sp³-hybridized carbons (Fsp3) is 0.389. The molecule has 0 spiro atoms. The molecule has 0 aliphatic rings. The highest BCUT2D eigenvalue weighted by molar-refractivity contribution is 7.16. The molecule has 0 atom stereocenters. The minimum Gasteiger partial charge on any atom is -0.495 e. The van der Waals surface area contributed by atoms with Gasteiger partial charge in [0.15, 0.2) is 10.5 Å². The van der Waals surface area contributed by atoms with E-state index in [4.69, 9.17) is 14.2 Å². The average Bonchev–Trinajstić information content (AvgIpc) is 3.18. The van der Waals surface area contributed by atoms with Crippen LogP contribution in [0.5, 0.6) is 11.5 Å². The van der Waals surface area contributed by atoms with Crippen molar-refractivity contribution in [1.29, 1.82) is 0 Å². The summed E-state index contributed by atoms with van der Waals surface area (Å²) in [6, 6.07) is 3.68. The molecule has 144 valence electrons. The van der Waals surface area contributed by atoms with Crippen LogP contribution in [0, 0.1) is 6.92 Å². The highest BCUT2D eigenvalue weighted by atomic mass is 32.1. The van der Waals surface area contributed by atoms with E-state index in [0.717, 1.165) is 15.8 Å². The smallest absolute Gasteiger partial charge is 0.300 e. The summed E-state index contributed by atoms with van der Waals surface area (Å²) in [7, 11) is 6.63. The number of aromatic nitrogens is 3. The number of amides is 1. The summed E-state index contributed by atoms with van der Waals surface area (Å²) >= 11 is 1.37. The Bertz CT molecular complexity index is 1050. The van der Waals surface area contributed by atoms with Crippen molar-refractivity contribution in [3.8, 4) is 11.5 Å². The number of thiazole rings is 1. The van der Waals surface area contributed by atoms with Gasteiger partial charge in [0.2, 0.25) is 0 Å². The predicted octanol–water partition coefficient (Wildman–Crippen LogP) is 2.15. The second-order valence-corrected chi connectivity index (χ2v) is 6.91. The number of ether oxygens (including phenoxy) is 3. The molecule has 1 aromatic carbocycles. The molecule has 9 heteroatoms. The van der Waals surface area contributed by atoms with Crippen LogP contribution < -0.4 is 14.3 Å². The zero-order valence-electron chi connectivity index (χ0n) is 16.0. The van der Waals surface area contributed by atoms with E-state index in [1.54, 1.807) is 39.3 Å². The van der Waals surface area contributed by atoms with Crippen molar-refractivity contribution in [2.75, 3.05) is 27.9 Å². The molecule has 3 rings (SSSR count). The molecule has 3 aromatic rings. The fourth-order valence-corrected chi connectivity index (χ4v) is 4.05. The molecule has 8 nitrogen and oxygen atoms in total. The standard InChI is InChI=1S/C18H22N4O4S/c1-11-10-21(2)20-14(11)17(23)19-18-22(8-9-24-3)15-12(25-4)6-7-13(26-5)16(15)27-18/h6-7,10H,8-9H2,1-5H3. The van der Waals surface area contributed by atoms with Crippen LogP contribution in [0.4, 0.5) is 0 Å². The van der Waals surface area contributed by atoms with Gasteiger partial charge in [0.1, 0.15) is 21.7 Å². The average molecular weight is 390 g/mol. The highest BCUT2D eigenvalue weighted by Crippen LogP contribution is 2.35. The first-order valence-electron chi connectivity index (χ1n) is 8.32. The number of fused-ring (bicyclic) bond motifs is 1. The lowest BCUT2D eigenvalue weighted by atomic mass is 10.3. The van der Waals surface area contributed by atoms with Gasteiger partial charge in [-0.2, -0.15) is 10.1 Å². The third kappa shape index (κ3) is 3.60. The number of hydrogen-bond acceptors (Lipinski definition) is 6. The van der Waals surface area contributed by atoms with Crippen LogP contribution in [-0.4, -0.2) is 48.2 Å². The molecule has 1 amide bonds. The summed E-state index contributed by atoms with van der Waals surface area (Å²) in [6.07, 6.45) is 1.79. The number of aryl methyl sites for hydroxylation is 2. The molecule has 27 heavy (non-hydrogen) atoms. The molecule has 0 saturated heterocycles. The second-order valence-electron chi connectivity index (χ2n) is 5.93. The van der Waals surface area contributed by atoms with Crippen molar-refractivity contribution in [3.63, 3.8) is 0 Å². The quantitative estimate of drug-likeness (QED) is 0.644. The topological polar surface area (TPSA) is 79.9 Å². The largest absolute Gasteiger partial charge is 0.495 e. The Morgan fingerprint density at radius 3 is 2.52 bits per heavy atom. The lowest BCUT2D eigenvalue weighted by Crippen LogP contribution is -2.20. The number of nitrogens with zero attached hydrogens (tertiary/aromatic N) is 4. The number of hydrogen-bond donors (Lipinski definition) is 0. The first-order valence-corrected chi connectivity index (χ1v) is 9.14. The Labute approximate surface area is 160 Å². The van der Waals surface area contributed by atoms with Gasteiger partial charge >= 0.3 is 0 Å². The van der Waals surface area contributed by atoms with E-state index in [2.05, 4.69) is 10.1 Å². The zero-order valence-corrected chi connectivity index (χ0v) is 16.8. The highest BCUT2D eigenvalue weighted by Gasteiger charge is 2.18. The molecule has 0 aliphatic carbocycles. The van der Waals surface area contributed by atoms with Gasteiger partial charge in [0, 0.05) is 32.5 Å². The number of benzene rings is 1. The van der Waals surface area contributed by atoms with Gasteiger partial charge in [-0.25, -0.2) is 0 Å². The van der Waals surface area contributed by atoms with E-state index in [9.17, 15) is 4.79 Å². The summed E-state index contributed by atoms with van der Waals surface area (Å²) in [6.45, 7) is 2.83. The Morgan fingerprint density at radius 1 is 1.22 bits per heavy atom. The van der Waals surface area contributed by atoms with Gasteiger partial charge in [-0.05, 0) is 19.1 Å². The summed E-state index contributed by atoms with van der Waals surface area (Å²) in [5.74, 6) is 0.995. The van der Waals surface area contributed by atoms with E-state index < -0.39 is 0 Å². The second kappa shape index (κ2) is 7.93. The molecular weight excluding hydrogens is 368 g/mol. The van der Waals surface area contributed by atoms with Gasteiger partial charge in [-0.3, -0.25) is 9.48 Å². The minimum atomic E-state index is -0.385. The zero-order chi connectivity index (χ0) is 19.6. The van der Waals surface area contributed by atoms with E-state index in [0.29, 0.717) is 35.1 Å². The van der Waals surface area contributed by atoms with Gasteiger partial charge < -0.3 is 18.8 Å². The lowest BCUT2D eigenvalue weighted by Gasteiger charge is -2.09. The Hall–Kier alpha value is -2.65. The molecule has 0 aliphatic heterocycles. The maximum Gasteiger partial charge on any atom is 0.300 e. The van der Waals surface area contributed by atoms with Crippen molar-refractivity contribution in [1.82, 2.24) is 14.3 Å². The molecule has 2 heterocycles. The maximum atomic E-state index is 12.7. The predicted molar refractivity (Wildman–Crippen MR) is 103 cm³/mol. The van der Waals surface area contributed by atoms with Crippen LogP contribution in [0.15, 0.2) is 23.3 Å². The van der Waals surface area contributed by atoms with Crippen LogP contribution in [0.2, 0.25) is 0 Å². The van der Waals surface area contributed by atoms with Crippen LogP contribution in [-0.2, 0) is 18.3 Å². The third-order valence-corrected chi connectivity index (χ3v) is 5.22. The molecule has 0 saturated carbocycles. The summed E-state index contributed by atoms with van der Waals surface area (Å²) in [5, 5.41) is 4.21. The van der Waals surface area contributed by atoms with Crippen molar-refractivity contribution >= 4 is 27.5 Å². The van der Waals surface area contributed by atoms with Gasteiger partial charge in [-0.1, -0.05) is 11.3 Å². The van der Waals surface area contributed by atoms with Crippen molar-refractivity contribution < 1.29 is 19.0 Å². The van der Waals surface area contributed by atoms with Gasteiger partial charge in [-0.15, -0.1) is 0 Å². The third-order valence-electron chi connectivity index (χ3n) is 4.12. The molecule has 2 aromatic heterocycles. The molecule has 0 bridgehead atoms. The maximum absolute atomic E-state index is 12.7. The Morgan fingerprint density at radius 2 is 1.93 bits per heavy atom. The number of rotatable bonds is 6. The van der Waals surface area contributed by atoms with Gasteiger partial charge in [0.25, 0.3) is 5.91 Å². The van der Waals surface area contributed by atoms with Crippen molar-refractivity contribution in [2.24, 2.45) is 12.0 Å². The minimum absolute atomic E-state index is 0.340. The Kier molecular flexibility index (Phi) is 5.62. The Balaban J connectivity index is 2.24. The van der Waals surface area contributed by atoms with Crippen LogP contribution in [0.1, 0.15) is 16.1 Å². The van der Waals surface area contributed by atoms with E-state index in [-0.39, 0.29) is 5.91 Å². The van der Waals surface area contributed by atoms with E-state index in [1.165, 1.54) is 11.3 Å². The van der Waals surface area contributed by atoms with Crippen molar-refractivity contribution in [3.05, 3.63) is 34.4 Å². The summed E-state index contributed by atoms with van der Waals surface area (Å²) < 4.78 is 20.6. The number of carbonyl (C=O) groups is 1. The first kappa shape index (κ1) is 19.1. The number of methoxy groups -OCH3 is 3. The van der Waals surface area contributed by atoms with E-state index in [1.807, 2.05) is 23.6 Å². The fourth-order valence-electron chi connectivity index (χ4n) is 2.89. The SMILES string of the molecule is COCCn1c(=NC(=O)c2nn(C)cc2C)sc2c(OC)ccc(OC)c21. The monoisotopic (exact) mass is 390 g/mol.